The molecule has 0 radical (unpaired) electrons. The van der Waals surface area contributed by atoms with Crippen LogP contribution in [0, 0.1) is 13.8 Å². The van der Waals surface area contributed by atoms with Crippen LogP contribution in [0.2, 0.25) is 0 Å². The van der Waals surface area contributed by atoms with Gasteiger partial charge in [-0.2, -0.15) is 0 Å². The van der Waals surface area contributed by atoms with Gasteiger partial charge < -0.3 is 4.74 Å². The molecule has 2 amide bonds. The van der Waals surface area contributed by atoms with E-state index >= 15 is 0 Å². The predicted octanol–water partition coefficient (Wildman–Crippen LogP) is 2.58. The molecule has 106 valence electrons. The average Bonchev–Trinajstić information content (AvgIpc) is 2.80. The number of hydrogen-bond donors (Lipinski definition) is 0. The Kier molecular flexibility index (Phi) is 4.08. The fourth-order valence-corrected chi connectivity index (χ4v) is 2.27. The van der Waals surface area contributed by atoms with Crippen molar-refractivity contribution < 1.29 is 14.3 Å². The van der Waals surface area contributed by atoms with Crippen LogP contribution in [-0.2, 0) is 9.53 Å². The van der Waals surface area contributed by atoms with E-state index in [1.807, 2.05) is 32.0 Å². The van der Waals surface area contributed by atoms with Crippen molar-refractivity contribution in [2.24, 2.45) is 0 Å². The van der Waals surface area contributed by atoms with Crippen molar-refractivity contribution in [3.05, 3.63) is 41.5 Å². The van der Waals surface area contributed by atoms with E-state index in [2.05, 4.69) is 0 Å². The highest BCUT2D eigenvalue weighted by Crippen LogP contribution is 2.27. The summed E-state index contributed by atoms with van der Waals surface area (Å²) >= 11 is 0. The number of anilines is 1. The summed E-state index contributed by atoms with van der Waals surface area (Å²) in [5.74, 6) is -0.260. The van der Waals surface area contributed by atoms with Gasteiger partial charge in [0.25, 0.3) is 5.91 Å². The van der Waals surface area contributed by atoms with E-state index in [-0.39, 0.29) is 5.91 Å². The molecule has 1 aliphatic heterocycles. The zero-order valence-corrected chi connectivity index (χ0v) is 11.9. The highest BCUT2D eigenvalue weighted by molar-refractivity contribution is 6.03. The van der Waals surface area contributed by atoms with Crippen LogP contribution in [0.25, 0.3) is 0 Å². The van der Waals surface area contributed by atoms with Gasteiger partial charge in [0.2, 0.25) is 0 Å². The van der Waals surface area contributed by atoms with Gasteiger partial charge in [0.1, 0.15) is 6.61 Å². The third-order valence-corrected chi connectivity index (χ3v) is 3.15. The number of carbonyl (C=O) groups is 2. The van der Waals surface area contributed by atoms with E-state index in [0.717, 1.165) is 16.8 Å². The quantitative estimate of drug-likeness (QED) is 0.796. The van der Waals surface area contributed by atoms with Gasteiger partial charge in [0, 0.05) is 6.08 Å². The third-order valence-electron chi connectivity index (χ3n) is 3.15. The summed E-state index contributed by atoms with van der Waals surface area (Å²) in [5, 5.41) is 2.75. The van der Waals surface area contributed by atoms with Crippen molar-refractivity contribution in [2.75, 3.05) is 18.2 Å². The van der Waals surface area contributed by atoms with Crippen LogP contribution < -0.4 is 5.01 Å². The normalized spacial score (nSPS) is 14.8. The van der Waals surface area contributed by atoms with Gasteiger partial charge >= 0.3 is 6.09 Å². The SMILES string of the molecule is C/C=C/C(=O)N(c1c(C)cccc1C)N1CCOC1=O. The first-order valence-electron chi connectivity index (χ1n) is 6.53. The molecule has 1 aliphatic rings. The number of allylic oxidation sites excluding steroid dienone is 1. The lowest BCUT2D eigenvalue weighted by atomic mass is 10.1. The smallest absolute Gasteiger partial charge is 0.429 e. The van der Waals surface area contributed by atoms with Crippen molar-refractivity contribution >= 4 is 17.7 Å². The van der Waals surface area contributed by atoms with Crippen LogP contribution in [0.5, 0.6) is 0 Å². The molecule has 0 N–H and O–H groups in total. The number of amides is 2. The monoisotopic (exact) mass is 274 g/mol. The molecule has 0 unspecified atom stereocenters. The molecule has 5 nitrogen and oxygen atoms in total. The molecule has 1 fully saturated rings. The Morgan fingerprint density at radius 3 is 2.50 bits per heavy atom. The molecular formula is C15H18N2O3. The minimum Gasteiger partial charge on any atom is -0.446 e. The number of nitrogens with zero attached hydrogens (tertiary/aromatic N) is 2. The second-order valence-corrected chi connectivity index (χ2v) is 4.63. The van der Waals surface area contributed by atoms with E-state index in [4.69, 9.17) is 4.74 Å². The van der Waals surface area contributed by atoms with Crippen molar-refractivity contribution in [2.45, 2.75) is 20.8 Å². The van der Waals surface area contributed by atoms with Crippen LogP contribution in [0.3, 0.4) is 0 Å². The van der Waals surface area contributed by atoms with E-state index in [1.165, 1.54) is 16.1 Å². The number of rotatable bonds is 3. The molecule has 0 bridgehead atoms. The average molecular weight is 274 g/mol. The highest BCUT2D eigenvalue weighted by atomic mass is 16.6. The Morgan fingerprint density at radius 1 is 1.35 bits per heavy atom. The molecule has 0 spiro atoms. The fraction of sp³-hybridized carbons (Fsp3) is 0.333. The topological polar surface area (TPSA) is 49.9 Å². The van der Waals surface area contributed by atoms with Crippen molar-refractivity contribution in [1.82, 2.24) is 5.01 Å². The molecule has 0 aromatic heterocycles. The van der Waals surface area contributed by atoms with E-state index < -0.39 is 6.09 Å². The van der Waals surface area contributed by atoms with Gasteiger partial charge in [-0.05, 0) is 31.9 Å². The number of cyclic esters (lactones) is 1. The molecular weight excluding hydrogens is 256 g/mol. The number of carbonyl (C=O) groups excluding carboxylic acids is 2. The second kappa shape index (κ2) is 5.77. The summed E-state index contributed by atoms with van der Waals surface area (Å²) < 4.78 is 4.94. The lowest BCUT2D eigenvalue weighted by Gasteiger charge is -2.31. The maximum absolute atomic E-state index is 12.4. The van der Waals surface area contributed by atoms with E-state index in [9.17, 15) is 9.59 Å². The summed E-state index contributed by atoms with van der Waals surface area (Å²) in [6.07, 6.45) is 2.60. The molecule has 1 saturated heterocycles. The number of benzene rings is 1. The highest BCUT2D eigenvalue weighted by Gasteiger charge is 2.33. The fourth-order valence-electron chi connectivity index (χ4n) is 2.27. The molecule has 1 heterocycles. The predicted molar refractivity (Wildman–Crippen MR) is 76.3 cm³/mol. The van der Waals surface area contributed by atoms with E-state index in [0.29, 0.717) is 13.2 Å². The molecule has 1 aromatic carbocycles. The van der Waals surface area contributed by atoms with Crippen molar-refractivity contribution in [3.63, 3.8) is 0 Å². The first-order valence-corrected chi connectivity index (χ1v) is 6.53. The van der Waals surface area contributed by atoms with Crippen molar-refractivity contribution in [1.29, 1.82) is 0 Å². The lowest BCUT2D eigenvalue weighted by molar-refractivity contribution is -0.116. The molecule has 2 rings (SSSR count). The van der Waals surface area contributed by atoms with Gasteiger partial charge in [-0.1, -0.05) is 24.3 Å². The standard InChI is InChI=1S/C15H18N2O3/c1-4-6-13(18)17(16-9-10-20-15(16)19)14-11(2)7-5-8-12(14)3/h4-8H,9-10H2,1-3H3/b6-4+. The first-order chi connectivity index (χ1) is 9.56. The van der Waals surface area contributed by atoms with E-state index in [1.54, 1.807) is 13.0 Å². The largest absolute Gasteiger partial charge is 0.446 e. The Bertz CT molecular complexity index is 546. The van der Waals surface area contributed by atoms with Gasteiger partial charge in [0.05, 0.1) is 12.2 Å². The minimum atomic E-state index is -0.495. The Labute approximate surface area is 118 Å². The number of ether oxygens (including phenoxy) is 1. The van der Waals surface area contributed by atoms with Gasteiger partial charge in [0.15, 0.2) is 0 Å². The summed E-state index contributed by atoms with van der Waals surface area (Å²) in [6, 6.07) is 5.76. The van der Waals surface area contributed by atoms with Crippen LogP contribution in [-0.4, -0.2) is 30.2 Å². The molecule has 0 saturated carbocycles. The van der Waals surface area contributed by atoms with Crippen LogP contribution >= 0.6 is 0 Å². The summed E-state index contributed by atoms with van der Waals surface area (Å²) in [6.45, 7) is 6.27. The number of aryl methyl sites for hydroxylation is 2. The Hall–Kier alpha value is -2.30. The maximum atomic E-state index is 12.4. The lowest BCUT2D eigenvalue weighted by Crippen LogP contribution is -2.47. The molecule has 0 aliphatic carbocycles. The molecule has 5 heteroatoms. The van der Waals surface area contributed by atoms with Gasteiger partial charge in [-0.3, -0.25) is 4.79 Å². The van der Waals surface area contributed by atoms with Gasteiger partial charge in [-0.15, -0.1) is 0 Å². The number of hydrazine groups is 1. The number of para-hydroxylation sites is 1. The zero-order chi connectivity index (χ0) is 14.7. The first kappa shape index (κ1) is 14.1. The molecule has 1 aromatic rings. The van der Waals surface area contributed by atoms with Crippen LogP contribution in [0.4, 0.5) is 10.5 Å². The molecule has 0 atom stereocenters. The third kappa shape index (κ3) is 2.52. The Morgan fingerprint density at radius 2 is 2.00 bits per heavy atom. The summed E-state index contributed by atoms with van der Waals surface area (Å²) in [7, 11) is 0. The van der Waals surface area contributed by atoms with Crippen LogP contribution in [0.15, 0.2) is 30.4 Å². The van der Waals surface area contributed by atoms with Gasteiger partial charge in [-0.25, -0.2) is 14.8 Å². The summed E-state index contributed by atoms with van der Waals surface area (Å²) in [5.41, 5.74) is 2.60. The Balaban J connectivity index is 2.51. The minimum absolute atomic E-state index is 0.260. The summed E-state index contributed by atoms with van der Waals surface area (Å²) in [4.78, 5) is 24.2. The number of hydrogen-bond acceptors (Lipinski definition) is 3. The molecule has 20 heavy (non-hydrogen) atoms. The maximum Gasteiger partial charge on any atom is 0.429 e. The van der Waals surface area contributed by atoms with Crippen LogP contribution in [0.1, 0.15) is 18.1 Å². The second-order valence-electron chi connectivity index (χ2n) is 4.63. The zero-order valence-electron chi connectivity index (χ0n) is 11.9. The van der Waals surface area contributed by atoms with Crippen molar-refractivity contribution in [3.8, 4) is 0 Å².